The molecule has 0 unspecified atom stereocenters. The van der Waals surface area contributed by atoms with E-state index in [1.807, 2.05) is 0 Å². The molecule has 2 N–H and O–H groups in total. The first-order valence-corrected chi connectivity index (χ1v) is 6.95. The number of rotatable bonds is 8. The smallest absolute Gasteiger partial charge is 0.345 e. The summed E-state index contributed by atoms with van der Waals surface area (Å²) >= 11 is 0. The van der Waals surface area contributed by atoms with E-state index in [1.54, 1.807) is 0 Å². The average Bonchev–Trinajstić information content (AvgIpc) is 2.59. The Balaban J connectivity index is 2.88. The number of carbonyl (C=O) groups is 3. The van der Waals surface area contributed by atoms with Crippen molar-refractivity contribution in [3.8, 4) is 17.2 Å². The molecule has 1 rings (SSSR count). The lowest BCUT2D eigenvalue weighted by atomic mass is 10.1. The van der Waals surface area contributed by atoms with E-state index in [2.05, 4.69) is 4.74 Å². The molecule has 0 aliphatic carbocycles. The van der Waals surface area contributed by atoms with Crippen LogP contribution in [0.1, 0.15) is 12.0 Å². The third-order valence-electron chi connectivity index (χ3n) is 3.03. The number of hydrogen-bond acceptors (Lipinski definition) is 8. The van der Waals surface area contributed by atoms with Gasteiger partial charge in [-0.1, -0.05) is 0 Å². The number of aromatic hydroxyl groups is 1. The van der Waals surface area contributed by atoms with E-state index in [1.165, 1.54) is 32.4 Å². The minimum absolute atomic E-state index is 0.126. The number of carbonyl (C=O) groups excluding carboxylic acids is 2. The summed E-state index contributed by atoms with van der Waals surface area (Å²) in [7, 11) is 3.79. The van der Waals surface area contributed by atoms with E-state index in [-0.39, 0.29) is 17.2 Å². The van der Waals surface area contributed by atoms with Crippen LogP contribution in [-0.2, 0) is 23.9 Å². The Labute approximate surface area is 143 Å². The second kappa shape index (κ2) is 9.16. The molecule has 9 heteroatoms. The molecule has 0 bridgehead atoms. The average molecular weight is 354 g/mol. The van der Waals surface area contributed by atoms with Crippen molar-refractivity contribution in [2.75, 3.05) is 21.3 Å². The van der Waals surface area contributed by atoms with E-state index >= 15 is 0 Å². The molecule has 1 aromatic carbocycles. The third kappa shape index (κ3) is 5.72. The molecule has 136 valence electrons. The number of methoxy groups -OCH3 is 3. The molecule has 0 spiro atoms. The van der Waals surface area contributed by atoms with Crippen LogP contribution in [0.4, 0.5) is 0 Å². The maximum atomic E-state index is 11.7. The quantitative estimate of drug-likeness (QED) is 0.518. The van der Waals surface area contributed by atoms with E-state index in [4.69, 9.17) is 19.3 Å². The van der Waals surface area contributed by atoms with Gasteiger partial charge in [-0.05, 0) is 23.8 Å². The number of aliphatic carboxylic acids is 1. The van der Waals surface area contributed by atoms with Crippen molar-refractivity contribution < 1.29 is 43.5 Å². The normalized spacial score (nSPS) is 11.6. The van der Waals surface area contributed by atoms with Crippen molar-refractivity contribution in [3.63, 3.8) is 0 Å². The van der Waals surface area contributed by atoms with Gasteiger partial charge in [0.2, 0.25) is 11.9 Å². The summed E-state index contributed by atoms with van der Waals surface area (Å²) in [6.45, 7) is 0. The second-order valence-electron chi connectivity index (χ2n) is 4.65. The number of phenols is 1. The molecule has 0 amide bonds. The SMILES string of the molecule is COC(=O)C[C@@H](OC(=O)/C=C/c1cc(OC)c(O)c(OC)c1)C(=O)O. The minimum atomic E-state index is -1.66. The molecule has 25 heavy (non-hydrogen) atoms. The van der Waals surface area contributed by atoms with Crippen LogP contribution in [0.3, 0.4) is 0 Å². The number of carboxylic acids is 1. The van der Waals surface area contributed by atoms with Gasteiger partial charge in [0.05, 0.1) is 27.8 Å². The molecule has 0 heterocycles. The predicted octanol–water partition coefficient (Wildman–Crippen LogP) is 0.982. The standard InChI is InChI=1S/C16H18O9/c1-22-10-6-9(7-11(23-2)15(10)19)4-5-13(17)25-12(16(20)21)8-14(18)24-3/h4-7,12,19H,8H2,1-3H3,(H,20,21)/b5-4+/t12-/m1/s1. The van der Waals surface area contributed by atoms with E-state index < -0.39 is 30.4 Å². The highest BCUT2D eigenvalue weighted by atomic mass is 16.6. The van der Waals surface area contributed by atoms with Crippen LogP contribution in [0, 0.1) is 0 Å². The molecule has 0 aliphatic rings. The van der Waals surface area contributed by atoms with Gasteiger partial charge >= 0.3 is 17.9 Å². The number of phenolic OH excluding ortho intramolecular Hbond substituents is 1. The highest BCUT2D eigenvalue weighted by Gasteiger charge is 2.25. The van der Waals surface area contributed by atoms with Crippen LogP contribution < -0.4 is 9.47 Å². The Morgan fingerprint density at radius 3 is 2.12 bits per heavy atom. The molecule has 9 nitrogen and oxygen atoms in total. The number of carboxylic acid groups (broad SMARTS) is 1. The molecule has 1 aromatic rings. The van der Waals surface area contributed by atoms with Crippen LogP contribution >= 0.6 is 0 Å². The summed E-state index contributed by atoms with van der Waals surface area (Å²) in [5.41, 5.74) is 0.434. The van der Waals surface area contributed by atoms with Crippen molar-refractivity contribution in [3.05, 3.63) is 23.8 Å². The van der Waals surface area contributed by atoms with Crippen molar-refractivity contribution in [1.82, 2.24) is 0 Å². The fourth-order valence-corrected chi connectivity index (χ4v) is 1.77. The number of esters is 2. The summed E-state index contributed by atoms with van der Waals surface area (Å²) in [6, 6.07) is 2.87. The maximum absolute atomic E-state index is 11.7. The molecule has 1 atom stereocenters. The van der Waals surface area contributed by atoms with Crippen molar-refractivity contribution in [1.29, 1.82) is 0 Å². The van der Waals surface area contributed by atoms with E-state index in [0.717, 1.165) is 13.2 Å². The summed E-state index contributed by atoms with van der Waals surface area (Å²) in [5, 5.41) is 18.8. The van der Waals surface area contributed by atoms with Gasteiger partial charge < -0.3 is 29.2 Å². The second-order valence-corrected chi connectivity index (χ2v) is 4.65. The Morgan fingerprint density at radius 2 is 1.68 bits per heavy atom. The molecular weight excluding hydrogens is 336 g/mol. The van der Waals surface area contributed by atoms with Gasteiger partial charge in [0.1, 0.15) is 0 Å². The highest BCUT2D eigenvalue weighted by Crippen LogP contribution is 2.37. The van der Waals surface area contributed by atoms with Gasteiger partial charge in [-0.3, -0.25) is 4.79 Å². The summed E-state index contributed by atoms with van der Waals surface area (Å²) < 4.78 is 19.0. The van der Waals surface area contributed by atoms with Crippen molar-refractivity contribution >= 4 is 24.0 Å². The topological polar surface area (TPSA) is 129 Å². The van der Waals surface area contributed by atoms with Gasteiger partial charge in [0.15, 0.2) is 11.5 Å². The minimum Gasteiger partial charge on any atom is -0.502 e. The van der Waals surface area contributed by atoms with Crippen LogP contribution in [0.25, 0.3) is 6.08 Å². The lowest BCUT2D eigenvalue weighted by Gasteiger charge is -2.11. The molecule has 0 saturated heterocycles. The van der Waals surface area contributed by atoms with Gasteiger partial charge in [-0.15, -0.1) is 0 Å². The number of hydrogen-bond donors (Lipinski definition) is 2. The summed E-state index contributed by atoms with van der Waals surface area (Å²) in [4.78, 5) is 33.8. The first-order chi connectivity index (χ1) is 11.8. The Hall–Kier alpha value is -3.23. The number of benzene rings is 1. The predicted molar refractivity (Wildman–Crippen MR) is 84.4 cm³/mol. The zero-order valence-corrected chi connectivity index (χ0v) is 13.8. The fraction of sp³-hybridized carbons (Fsp3) is 0.312. The van der Waals surface area contributed by atoms with Crippen molar-refractivity contribution in [2.24, 2.45) is 0 Å². The maximum Gasteiger partial charge on any atom is 0.345 e. The van der Waals surface area contributed by atoms with E-state index in [0.29, 0.717) is 5.56 Å². The molecule has 0 fully saturated rings. The summed E-state index contributed by atoms with van der Waals surface area (Å²) in [6.07, 6.45) is 0.0164. The van der Waals surface area contributed by atoms with Gasteiger partial charge in [0.25, 0.3) is 0 Å². The molecular formula is C16H18O9. The largest absolute Gasteiger partial charge is 0.502 e. The van der Waals surface area contributed by atoms with Crippen LogP contribution in [0.5, 0.6) is 17.2 Å². The molecule has 0 aliphatic heterocycles. The Kier molecular flexibility index (Phi) is 7.26. The third-order valence-corrected chi connectivity index (χ3v) is 3.03. The highest BCUT2D eigenvalue weighted by molar-refractivity contribution is 5.90. The summed E-state index contributed by atoms with van der Waals surface area (Å²) in [5.74, 6) is -3.21. The van der Waals surface area contributed by atoms with Crippen molar-refractivity contribution in [2.45, 2.75) is 12.5 Å². The van der Waals surface area contributed by atoms with Gasteiger partial charge in [-0.2, -0.15) is 0 Å². The van der Waals surface area contributed by atoms with Gasteiger partial charge in [-0.25, -0.2) is 9.59 Å². The fourth-order valence-electron chi connectivity index (χ4n) is 1.77. The molecule has 0 aromatic heterocycles. The van der Waals surface area contributed by atoms with Crippen LogP contribution in [-0.4, -0.2) is 55.6 Å². The molecule has 0 radical (unpaired) electrons. The Morgan fingerprint density at radius 1 is 1.12 bits per heavy atom. The molecule has 0 saturated carbocycles. The lowest BCUT2D eigenvalue weighted by molar-refractivity contribution is -0.165. The first kappa shape index (κ1) is 19.8. The van der Waals surface area contributed by atoms with Gasteiger partial charge in [0, 0.05) is 6.08 Å². The van der Waals surface area contributed by atoms with E-state index in [9.17, 15) is 19.5 Å². The number of ether oxygens (including phenoxy) is 4. The monoisotopic (exact) mass is 354 g/mol. The Bertz CT molecular complexity index is 653. The van der Waals surface area contributed by atoms with Crippen LogP contribution in [0.2, 0.25) is 0 Å². The first-order valence-electron chi connectivity index (χ1n) is 6.95. The zero-order valence-electron chi connectivity index (χ0n) is 13.8. The zero-order chi connectivity index (χ0) is 19.0. The lowest BCUT2D eigenvalue weighted by Crippen LogP contribution is -2.29. The van der Waals surface area contributed by atoms with Crippen LogP contribution in [0.15, 0.2) is 18.2 Å².